The van der Waals surface area contributed by atoms with Gasteiger partial charge in [-0.15, -0.1) is 0 Å². The van der Waals surface area contributed by atoms with Gasteiger partial charge in [-0.25, -0.2) is 0 Å². The molecule has 0 aromatic heterocycles. The van der Waals surface area contributed by atoms with E-state index < -0.39 is 0 Å². The molecule has 0 aliphatic carbocycles. The smallest absolute Gasteiger partial charge is 0.301 e. The summed E-state index contributed by atoms with van der Waals surface area (Å²) >= 11 is 0. The van der Waals surface area contributed by atoms with Crippen LogP contribution in [0.3, 0.4) is 0 Å². The van der Waals surface area contributed by atoms with E-state index in [1.165, 1.54) is 0 Å². The van der Waals surface area contributed by atoms with Gasteiger partial charge in [-0.3, -0.25) is 0 Å². The third-order valence-corrected chi connectivity index (χ3v) is 3.69. The Morgan fingerprint density at radius 1 is 1.11 bits per heavy atom. The third kappa shape index (κ3) is 2.09. The van der Waals surface area contributed by atoms with Gasteiger partial charge in [-0.2, -0.15) is 0 Å². The standard InChI is InChI=1S/C7H15FSi/c1-4-7(5-2,6-3)9-8/h4-6H2,1-3H3. The average molecular weight is 146 g/mol. The number of rotatable bonds is 4. The number of hydrogen-bond acceptors (Lipinski definition) is 0. The van der Waals surface area contributed by atoms with Crippen LogP contribution in [0.15, 0.2) is 0 Å². The highest BCUT2D eigenvalue weighted by molar-refractivity contribution is 6.31. The first-order valence-corrected chi connectivity index (χ1v) is 4.50. The summed E-state index contributed by atoms with van der Waals surface area (Å²) in [5, 5.41) is 0.0278. The Labute approximate surface area is 59.8 Å². The molecular weight excluding hydrogens is 131 g/mol. The number of halogens is 1. The maximum Gasteiger partial charge on any atom is 0.301 e. The van der Waals surface area contributed by atoms with Crippen LogP contribution in [0.25, 0.3) is 0 Å². The van der Waals surface area contributed by atoms with Gasteiger partial charge in [0.05, 0.1) is 0 Å². The average Bonchev–Trinajstić information content (AvgIpc) is 1.95. The lowest BCUT2D eigenvalue weighted by Gasteiger charge is -2.24. The Kier molecular flexibility index (Phi) is 4.11. The van der Waals surface area contributed by atoms with E-state index in [1.807, 2.05) is 0 Å². The molecule has 0 bridgehead atoms. The zero-order chi connectivity index (χ0) is 7.33. The van der Waals surface area contributed by atoms with Gasteiger partial charge < -0.3 is 4.11 Å². The summed E-state index contributed by atoms with van der Waals surface area (Å²) in [5.74, 6) is 0. The molecule has 0 N–H and O–H groups in total. The van der Waals surface area contributed by atoms with Gasteiger partial charge in [0.2, 0.25) is 0 Å². The first-order chi connectivity index (χ1) is 4.24. The minimum Gasteiger partial charge on any atom is -0.314 e. The summed E-state index contributed by atoms with van der Waals surface area (Å²) in [4.78, 5) is 0. The van der Waals surface area contributed by atoms with Crippen molar-refractivity contribution in [3.05, 3.63) is 0 Å². The molecule has 0 heterocycles. The van der Waals surface area contributed by atoms with Crippen LogP contribution in [0.4, 0.5) is 4.11 Å². The van der Waals surface area contributed by atoms with Gasteiger partial charge in [-0.1, -0.05) is 40.0 Å². The molecule has 0 saturated carbocycles. The van der Waals surface area contributed by atoms with Crippen LogP contribution in [-0.4, -0.2) is 9.85 Å². The topological polar surface area (TPSA) is 0 Å². The monoisotopic (exact) mass is 146 g/mol. The van der Waals surface area contributed by atoms with Crippen LogP contribution in [0.1, 0.15) is 40.0 Å². The first-order valence-electron chi connectivity index (χ1n) is 3.62. The second-order valence-electron chi connectivity index (χ2n) is 2.44. The summed E-state index contributed by atoms with van der Waals surface area (Å²) in [6.45, 7) is 6.21. The van der Waals surface area contributed by atoms with Crippen molar-refractivity contribution in [1.29, 1.82) is 0 Å². The van der Waals surface area contributed by atoms with E-state index in [9.17, 15) is 4.11 Å². The molecule has 0 rings (SSSR count). The second-order valence-corrected chi connectivity index (χ2v) is 3.69. The zero-order valence-electron chi connectivity index (χ0n) is 6.50. The van der Waals surface area contributed by atoms with Gasteiger partial charge in [0.15, 0.2) is 0 Å². The molecule has 0 aliphatic rings. The van der Waals surface area contributed by atoms with Crippen molar-refractivity contribution in [2.75, 3.05) is 0 Å². The van der Waals surface area contributed by atoms with Crippen LogP contribution in [0.5, 0.6) is 0 Å². The van der Waals surface area contributed by atoms with E-state index in [1.54, 1.807) is 0 Å². The Balaban J connectivity index is 3.82. The van der Waals surface area contributed by atoms with Crippen molar-refractivity contribution >= 4 is 9.85 Å². The van der Waals surface area contributed by atoms with Crippen molar-refractivity contribution in [3.8, 4) is 0 Å². The van der Waals surface area contributed by atoms with Crippen molar-refractivity contribution in [1.82, 2.24) is 0 Å². The van der Waals surface area contributed by atoms with Gasteiger partial charge in [0.25, 0.3) is 0 Å². The summed E-state index contributed by atoms with van der Waals surface area (Å²) in [6, 6.07) is 0. The Morgan fingerprint density at radius 3 is 1.44 bits per heavy atom. The van der Waals surface area contributed by atoms with Gasteiger partial charge in [-0.05, 0) is 5.04 Å². The summed E-state index contributed by atoms with van der Waals surface area (Å²) < 4.78 is 12.3. The Morgan fingerprint density at radius 2 is 1.44 bits per heavy atom. The summed E-state index contributed by atoms with van der Waals surface area (Å²) in [5.41, 5.74) is 0. The SMILES string of the molecule is CCC(CC)(CC)[Si]F. The molecule has 0 nitrogen and oxygen atoms in total. The van der Waals surface area contributed by atoms with E-state index in [-0.39, 0.29) is 14.9 Å². The highest BCUT2D eigenvalue weighted by Gasteiger charge is 2.25. The molecule has 0 saturated heterocycles. The lowest BCUT2D eigenvalue weighted by molar-refractivity contribution is 0.474. The molecular formula is C7H15FSi. The Hall–Kier alpha value is 0.147. The minimum atomic E-state index is -0.381. The van der Waals surface area contributed by atoms with E-state index in [0.29, 0.717) is 0 Å². The summed E-state index contributed by atoms with van der Waals surface area (Å²) in [6.07, 6.45) is 2.94. The first kappa shape index (κ1) is 9.15. The predicted molar refractivity (Wildman–Crippen MR) is 40.4 cm³/mol. The molecule has 54 valence electrons. The summed E-state index contributed by atoms with van der Waals surface area (Å²) in [7, 11) is -0.381. The molecule has 0 aromatic carbocycles. The molecule has 0 amide bonds. The van der Waals surface area contributed by atoms with Crippen molar-refractivity contribution in [2.45, 2.75) is 45.1 Å². The van der Waals surface area contributed by atoms with E-state index in [4.69, 9.17) is 0 Å². The molecule has 0 atom stereocenters. The molecule has 2 heteroatoms. The molecule has 0 fully saturated rings. The fourth-order valence-electron chi connectivity index (χ4n) is 0.950. The molecule has 9 heavy (non-hydrogen) atoms. The fraction of sp³-hybridized carbons (Fsp3) is 1.00. The lowest BCUT2D eigenvalue weighted by atomic mass is 9.99. The fourth-order valence-corrected chi connectivity index (χ4v) is 1.35. The van der Waals surface area contributed by atoms with Crippen molar-refractivity contribution in [3.63, 3.8) is 0 Å². The maximum atomic E-state index is 12.3. The van der Waals surface area contributed by atoms with Gasteiger partial charge in [0.1, 0.15) is 0 Å². The van der Waals surface area contributed by atoms with Crippen LogP contribution >= 0.6 is 0 Å². The van der Waals surface area contributed by atoms with E-state index in [2.05, 4.69) is 20.8 Å². The maximum absolute atomic E-state index is 12.3. The van der Waals surface area contributed by atoms with Crippen molar-refractivity contribution in [2.24, 2.45) is 0 Å². The van der Waals surface area contributed by atoms with Crippen LogP contribution in [0, 0.1) is 0 Å². The third-order valence-electron chi connectivity index (χ3n) is 2.23. The molecule has 0 aromatic rings. The molecule has 0 spiro atoms. The quantitative estimate of drug-likeness (QED) is 0.422. The Bertz CT molecular complexity index is 51.8. The van der Waals surface area contributed by atoms with Gasteiger partial charge in [0, 0.05) is 0 Å². The zero-order valence-corrected chi connectivity index (χ0v) is 7.50. The highest BCUT2D eigenvalue weighted by atomic mass is 28.3. The predicted octanol–water partition coefficient (Wildman–Crippen LogP) is 2.96. The molecule has 0 aliphatic heterocycles. The van der Waals surface area contributed by atoms with E-state index in [0.717, 1.165) is 19.3 Å². The lowest BCUT2D eigenvalue weighted by Crippen LogP contribution is -2.14. The highest BCUT2D eigenvalue weighted by Crippen LogP contribution is 2.37. The number of hydrogen-bond donors (Lipinski definition) is 0. The van der Waals surface area contributed by atoms with Crippen molar-refractivity contribution < 1.29 is 4.11 Å². The normalized spacial score (nSPS) is 12.0. The molecule has 0 unspecified atom stereocenters. The molecule has 2 radical (unpaired) electrons. The van der Waals surface area contributed by atoms with Crippen LogP contribution < -0.4 is 0 Å². The largest absolute Gasteiger partial charge is 0.314 e. The van der Waals surface area contributed by atoms with Crippen LogP contribution in [-0.2, 0) is 0 Å². The minimum absolute atomic E-state index is 0.0278. The van der Waals surface area contributed by atoms with E-state index >= 15 is 0 Å². The van der Waals surface area contributed by atoms with Gasteiger partial charge >= 0.3 is 9.85 Å². The van der Waals surface area contributed by atoms with Crippen LogP contribution in [0.2, 0.25) is 5.04 Å². The second kappa shape index (κ2) is 4.04.